The molecule has 0 aliphatic carbocycles. The second kappa shape index (κ2) is 6.02. The third-order valence-electron chi connectivity index (χ3n) is 2.88. The predicted octanol–water partition coefficient (Wildman–Crippen LogP) is -0.0958. The van der Waals surface area contributed by atoms with Crippen LogP contribution in [-0.4, -0.2) is 48.3 Å². The number of rotatable bonds is 4. The maximum absolute atomic E-state index is 12.2. The number of carbonyl (C=O) groups is 1. The van der Waals surface area contributed by atoms with Crippen LogP contribution in [0.4, 0.5) is 4.39 Å². The maximum Gasteiger partial charge on any atom is 0.223 e. The summed E-state index contributed by atoms with van der Waals surface area (Å²) in [7, 11) is 0. The minimum atomic E-state index is -0.470. The summed E-state index contributed by atoms with van der Waals surface area (Å²) in [6.45, 7) is 0.916. The maximum atomic E-state index is 12.2. The van der Waals surface area contributed by atoms with Gasteiger partial charge in [-0.15, -0.1) is 0 Å². The molecule has 0 saturated carbocycles. The molecule has 0 aromatic carbocycles. The molecule has 15 heavy (non-hydrogen) atoms. The molecular weight excluding hydrogens is 199 g/mol. The molecular formula is C10H19FN2O2. The Morgan fingerprint density at radius 2 is 2.33 bits per heavy atom. The largest absolute Gasteiger partial charge is 0.393 e. The molecule has 88 valence electrons. The lowest BCUT2D eigenvalue weighted by Crippen LogP contribution is -2.46. The smallest absolute Gasteiger partial charge is 0.223 e. The van der Waals surface area contributed by atoms with Crippen molar-refractivity contribution in [1.82, 2.24) is 4.90 Å². The number of piperidine rings is 1. The minimum absolute atomic E-state index is 0.00765. The number of amides is 1. The Bertz CT molecular complexity index is 214. The van der Waals surface area contributed by atoms with Gasteiger partial charge in [0.25, 0.3) is 0 Å². The van der Waals surface area contributed by atoms with Gasteiger partial charge in [-0.1, -0.05) is 0 Å². The van der Waals surface area contributed by atoms with Gasteiger partial charge in [0.05, 0.1) is 12.8 Å². The first-order chi connectivity index (χ1) is 7.19. The van der Waals surface area contributed by atoms with Crippen molar-refractivity contribution in [3.63, 3.8) is 0 Å². The van der Waals surface area contributed by atoms with Crippen LogP contribution >= 0.6 is 0 Å². The van der Waals surface area contributed by atoms with Crippen LogP contribution in [-0.2, 0) is 4.79 Å². The van der Waals surface area contributed by atoms with Gasteiger partial charge in [0.15, 0.2) is 0 Å². The van der Waals surface area contributed by atoms with E-state index in [0.717, 1.165) is 0 Å². The van der Waals surface area contributed by atoms with Crippen molar-refractivity contribution in [1.29, 1.82) is 0 Å². The number of halogens is 1. The quantitative estimate of drug-likeness (QED) is 0.692. The highest BCUT2D eigenvalue weighted by atomic mass is 19.1. The zero-order valence-electron chi connectivity index (χ0n) is 8.86. The van der Waals surface area contributed by atoms with Crippen molar-refractivity contribution < 1.29 is 14.3 Å². The molecule has 1 fully saturated rings. The molecule has 1 rings (SSSR count). The summed E-state index contributed by atoms with van der Waals surface area (Å²) in [6, 6.07) is 0. The molecule has 1 heterocycles. The summed E-state index contributed by atoms with van der Waals surface area (Å²) in [4.78, 5) is 13.2. The molecule has 5 heteroatoms. The molecule has 0 aromatic heterocycles. The highest BCUT2D eigenvalue weighted by Crippen LogP contribution is 2.20. The van der Waals surface area contributed by atoms with E-state index in [0.29, 0.717) is 38.9 Å². The zero-order chi connectivity index (χ0) is 11.3. The van der Waals surface area contributed by atoms with E-state index in [1.54, 1.807) is 4.90 Å². The van der Waals surface area contributed by atoms with Gasteiger partial charge < -0.3 is 15.7 Å². The Kier molecular flexibility index (Phi) is 4.98. The fourth-order valence-corrected chi connectivity index (χ4v) is 1.95. The van der Waals surface area contributed by atoms with Crippen LogP contribution in [0.25, 0.3) is 0 Å². The molecule has 3 N–H and O–H groups in total. The van der Waals surface area contributed by atoms with Crippen LogP contribution in [0.5, 0.6) is 0 Å². The number of nitrogens with zero attached hydrogens (tertiary/aromatic N) is 1. The Balaban J connectivity index is 2.45. The Morgan fingerprint density at radius 3 is 2.93 bits per heavy atom. The van der Waals surface area contributed by atoms with E-state index in [4.69, 9.17) is 5.73 Å². The van der Waals surface area contributed by atoms with Gasteiger partial charge in [-0.2, -0.15) is 0 Å². The van der Waals surface area contributed by atoms with E-state index in [9.17, 15) is 14.3 Å². The van der Waals surface area contributed by atoms with Crippen LogP contribution in [0.15, 0.2) is 0 Å². The van der Waals surface area contributed by atoms with E-state index in [2.05, 4.69) is 0 Å². The first kappa shape index (κ1) is 12.4. The van der Waals surface area contributed by atoms with Crippen molar-refractivity contribution in [3.8, 4) is 0 Å². The predicted molar refractivity (Wildman–Crippen MR) is 55.0 cm³/mol. The van der Waals surface area contributed by atoms with Gasteiger partial charge >= 0.3 is 0 Å². The first-order valence-corrected chi connectivity index (χ1v) is 5.41. The topological polar surface area (TPSA) is 66.6 Å². The number of nitrogens with two attached hydrogens (primary N) is 1. The summed E-state index contributed by atoms with van der Waals surface area (Å²) >= 11 is 0. The van der Waals surface area contributed by atoms with Crippen molar-refractivity contribution in [3.05, 3.63) is 0 Å². The van der Waals surface area contributed by atoms with Gasteiger partial charge in [-0.3, -0.25) is 9.18 Å². The molecule has 1 aliphatic heterocycles. The lowest BCUT2D eigenvalue weighted by molar-refractivity contribution is -0.134. The van der Waals surface area contributed by atoms with E-state index < -0.39 is 12.8 Å². The fraction of sp³-hybridized carbons (Fsp3) is 0.900. The molecule has 1 aliphatic rings. The summed E-state index contributed by atoms with van der Waals surface area (Å²) < 4.78 is 12.2. The number of alkyl halides is 1. The molecule has 0 bridgehead atoms. The van der Waals surface area contributed by atoms with Crippen LogP contribution in [0.2, 0.25) is 0 Å². The number of hydrogen-bond donors (Lipinski definition) is 2. The lowest BCUT2D eigenvalue weighted by Gasteiger charge is -2.35. The molecule has 1 saturated heterocycles. The zero-order valence-corrected chi connectivity index (χ0v) is 8.86. The number of hydrogen-bond acceptors (Lipinski definition) is 3. The van der Waals surface area contributed by atoms with E-state index in [-0.39, 0.29) is 11.8 Å². The van der Waals surface area contributed by atoms with Crippen molar-refractivity contribution in [2.75, 3.05) is 26.3 Å². The Morgan fingerprint density at radius 1 is 1.60 bits per heavy atom. The third-order valence-corrected chi connectivity index (χ3v) is 2.88. The van der Waals surface area contributed by atoms with Crippen molar-refractivity contribution in [2.45, 2.75) is 25.4 Å². The van der Waals surface area contributed by atoms with Crippen molar-refractivity contribution in [2.24, 2.45) is 11.7 Å². The number of likely N-dealkylation sites (tertiary alicyclic amines) is 1. The molecule has 0 radical (unpaired) electrons. The van der Waals surface area contributed by atoms with Gasteiger partial charge in [-0.25, -0.2) is 0 Å². The fourth-order valence-electron chi connectivity index (χ4n) is 1.95. The number of aliphatic hydroxyl groups excluding tert-OH is 1. The lowest BCUT2D eigenvalue weighted by atomic mass is 9.92. The second-order valence-electron chi connectivity index (χ2n) is 3.97. The van der Waals surface area contributed by atoms with Gasteiger partial charge in [0.1, 0.15) is 0 Å². The normalized spacial score (nSPS) is 26.7. The van der Waals surface area contributed by atoms with E-state index in [1.165, 1.54) is 0 Å². The molecule has 4 nitrogen and oxygen atoms in total. The monoisotopic (exact) mass is 218 g/mol. The highest BCUT2D eigenvalue weighted by Gasteiger charge is 2.29. The molecule has 0 aromatic rings. The molecule has 0 unspecified atom stereocenters. The second-order valence-corrected chi connectivity index (χ2v) is 3.97. The van der Waals surface area contributed by atoms with Crippen LogP contribution in [0.1, 0.15) is 19.3 Å². The highest BCUT2D eigenvalue weighted by molar-refractivity contribution is 5.76. The number of carbonyl (C=O) groups excluding carboxylic acids is 1. The van der Waals surface area contributed by atoms with Gasteiger partial charge in [0, 0.05) is 32.0 Å². The standard InChI is InChI=1S/C10H19FN2O2/c11-4-1-8-7-13(6-3-9(8)14)10(15)2-5-12/h8-9,14H,1-7,12H2/t8-,9+/m1/s1. The molecule has 1 amide bonds. The van der Waals surface area contributed by atoms with Crippen LogP contribution in [0.3, 0.4) is 0 Å². The number of aliphatic hydroxyl groups is 1. The molecule has 0 spiro atoms. The molecule has 2 atom stereocenters. The Hall–Kier alpha value is -0.680. The van der Waals surface area contributed by atoms with E-state index >= 15 is 0 Å². The third kappa shape index (κ3) is 3.43. The summed E-state index contributed by atoms with van der Waals surface area (Å²) in [5.41, 5.74) is 5.30. The van der Waals surface area contributed by atoms with Gasteiger partial charge in [0.2, 0.25) is 5.91 Å². The average molecular weight is 218 g/mol. The first-order valence-electron chi connectivity index (χ1n) is 5.41. The van der Waals surface area contributed by atoms with Crippen LogP contribution < -0.4 is 5.73 Å². The summed E-state index contributed by atoms with van der Waals surface area (Å²) in [5.74, 6) is -0.112. The van der Waals surface area contributed by atoms with Crippen LogP contribution in [0, 0.1) is 5.92 Å². The van der Waals surface area contributed by atoms with E-state index in [1.807, 2.05) is 0 Å². The summed E-state index contributed by atoms with van der Waals surface area (Å²) in [6.07, 6.45) is 0.732. The van der Waals surface area contributed by atoms with Crippen molar-refractivity contribution >= 4 is 5.91 Å². The minimum Gasteiger partial charge on any atom is -0.393 e. The SMILES string of the molecule is NCCC(=O)N1CC[C@H](O)[C@H](CCF)C1. The summed E-state index contributed by atoms with van der Waals surface area (Å²) in [5, 5.41) is 9.60. The Labute approximate surface area is 89.2 Å². The van der Waals surface area contributed by atoms with Gasteiger partial charge in [-0.05, 0) is 12.8 Å². The average Bonchev–Trinajstić information content (AvgIpc) is 2.22.